The molecule has 0 spiro atoms. The molecule has 0 radical (unpaired) electrons. The average Bonchev–Trinajstić information content (AvgIpc) is 3.49. The van der Waals surface area contributed by atoms with Crippen LogP contribution in [0.25, 0.3) is 22.0 Å². The van der Waals surface area contributed by atoms with Gasteiger partial charge in [0.25, 0.3) is 0 Å². The fourth-order valence-electron chi connectivity index (χ4n) is 2.88. The summed E-state index contributed by atoms with van der Waals surface area (Å²) >= 11 is 2.88. The third-order valence-corrected chi connectivity index (χ3v) is 6.00. The zero-order valence-electron chi connectivity index (χ0n) is 16.6. The van der Waals surface area contributed by atoms with E-state index in [1.54, 1.807) is 25.6 Å². The highest BCUT2D eigenvalue weighted by Crippen LogP contribution is 2.35. The van der Waals surface area contributed by atoms with Crippen LogP contribution in [0.2, 0.25) is 0 Å². The van der Waals surface area contributed by atoms with E-state index in [-0.39, 0.29) is 12.3 Å². The number of ether oxygens (including phenoxy) is 2. The summed E-state index contributed by atoms with van der Waals surface area (Å²) < 4.78 is 16.4. The number of thiophene rings is 1. The Morgan fingerprint density at radius 1 is 1.17 bits per heavy atom. The van der Waals surface area contributed by atoms with Gasteiger partial charge in [-0.15, -0.1) is 22.7 Å². The minimum atomic E-state index is -0.206. The summed E-state index contributed by atoms with van der Waals surface area (Å²) in [5.41, 5.74) is 2.10. The Labute approximate surface area is 181 Å². The van der Waals surface area contributed by atoms with Crippen LogP contribution in [0.3, 0.4) is 0 Å². The molecular formula is C21H19N3O4S2. The second kappa shape index (κ2) is 8.68. The van der Waals surface area contributed by atoms with Crippen LogP contribution in [0.4, 0.5) is 5.13 Å². The quantitative estimate of drug-likeness (QED) is 0.433. The van der Waals surface area contributed by atoms with Crippen molar-refractivity contribution >= 4 is 33.7 Å². The highest BCUT2D eigenvalue weighted by molar-refractivity contribution is 7.14. The lowest BCUT2D eigenvalue weighted by Gasteiger charge is -2.08. The molecular weight excluding hydrogens is 422 g/mol. The predicted molar refractivity (Wildman–Crippen MR) is 118 cm³/mol. The monoisotopic (exact) mass is 441 g/mol. The summed E-state index contributed by atoms with van der Waals surface area (Å²) in [4.78, 5) is 22.5. The minimum absolute atomic E-state index is 0.109. The molecule has 0 unspecified atom stereocenters. The summed E-state index contributed by atoms with van der Waals surface area (Å²) in [6.07, 6.45) is 0.109. The van der Waals surface area contributed by atoms with Crippen molar-refractivity contribution in [3.63, 3.8) is 0 Å². The summed E-state index contributed by atoms with van der Waals surface area (Å²) in [6.45, 7) is 1.81. The lowest BCUT2D eigenvalue weighted by Crippen LogP contribution is -2.15. The predicted octanol–water partition coefficient (Wildman–Crippen LogP) is 5.03. The van der Waals surface area contributed by atoms with Gasteiger partial charge in [0.2, 0.25) is 11.8 Å². The van der Waals surface area contributed by atoms with E-state index in [0.717, 1.165) is 10.4 Å². The number of aryl methyl sites for hydroxylation is 1. The number of nitrogens with zero attached hydrogens (tertiary/aromatic N) is 2. The van der Waals surface area contributed by atoms with Gasteiger partial charge in [0.05, 0.1) is 36.9 Å². The first-order valence-corrected chi connectivity index (χ1v) is 10.8. The largest absolute Gasteiger partial charge is 0.497 e. The van der Waals surface area contributed by atoms with Crippen LogP contribution in [-0.2, 0) is 11.2 Å². The molecule has 0 fully saturated rings. The number of anilines is 1. The van der Waals surface area contributed by atoms with E-state index in [4.69, 9.17) is 13.9 Å². The van der Waals surface area contributed by atoms with Crippen LogP contribution >= 0.6 is 22.7 Å². The Balaban J connectivity index is 1.48. The van der Waals surface area contributed by atoms with E-state index in [9.17, 15) is 4.79 Å². The average molecular weight is 442 g/mol. The van der Waals surface area contributed by atoms with Crippen molar-refractivity contribution in [2.24, 2.45) is 0 Å². The maximum Gasteiger partial charge on any atom is 0.236 e. The van der Waals surface area contributed by atoms with Gasteiger partial charge in [0.1, 0.15) is 17.3 Å². The number of hydrogen-bond acceptors (Lipinski definition) is 8. The summed E-state index contributed by atoms with van der Waals surface area (Å²) in [5, 5.41) is 7.16. The third-order valence-electron chi connectivity index (χ3n) is 4.39. The summed E-state index contributed by atoms with van der Waals surface area (Å²) in [7, 11) is 3.21. The SMILES string of the molecule is COc1ccc(OC)c(-c2csc(NC(=O)Cc3nc(-c4cccs4)oc3C)n2)c1. The number of methoxy groups -OCH3 is 2. The molecule has 0 saturated heterocycles. The molecule has 0 bridgehead atoms. The molecule has 3 aromatic heterocycles. The van der Waals surface area contributed by atoms with Crippen LogP contribution in [0.1, 0.15) is 11.5 Å². The van der Waals surface area contributed by atoms with Crippen molar-refractivity contribution in [2.75, 3.05) is 19.5 Å². The Kier molecular flexibility index (Phi) is 5.82. The Bertz CT molecular complexity index is 1170. The van der Waals surface area contributed by atoms with Crippen molar-refractivity contribution < 1.29 is 18.7 Å². The summed E-state index contributed by atoms with van der Waals surface area (Å²) in [6, 6.07) is 9.36. The van der Waals surface area contributed by atoms with Crippen LogP contribution in [-0.4, -0.2) is 30.1 Å². The molecule has 0 aliphatic rings. The Morgan fingerprint density at radius 3 is 2.77 bits per heavy atom. The number of rotatable bonds is 7. The molecule has 0 aliphatic carbocycles. The van der Waals surface area contributed by atoms with Crippen LogP contribution in [0.15, 0.2) is 45.5 Å². The van der Waals surface area contributed by atoms with Gasteiger partial charge in [-0.2, -0.15) is 0 Å². The lowest BCUT2D eigenvalue weighted by molar-refractivity contribution is -0.115. The van der Waals surface area contributed by atoms with Crippen molar-refractivity contribution in [1.82, 2.24) is 9.97 Å². The second-order valence-corrected chi connectivity index (χ2v) is 8.13. The maximum atomic E-state index is 12.5. The van der Waals surface area contributed by atoms with Gasteiger partial charge in [-0.1, -0.05) is 6.07 Å². The topological polar surface area (TPSA) is 86.5 Å². The maximum absolute atomic E-state index is 12.5. The van der Waals surface area contributed by atoms with Crippen molar-refractivity contribution in [2.45, 2.75) is 13.3 Å². The van der Waals surface area contributed by atoms with Crippen molar-refractivity contribution in [1.29, 1.82) is 0 Å². The van der Waals surface area contributed by atoms with Crippen molar-refractivity contribution in [3.8, 4) is 33.5 Å². The molecule has 1 amide bonds. The van der Waals surface area contributed by atoms with Gasteiger partial charge in [0, 0.05) is 10.9 Å². The van der Waals surface area contributed by atoms with Gasteiger partial charge >= 0.3 is 0 Å². The van der Waals surface area contributed by atoms with E-state index < -0.39 is 0 Å². The number of carbonyl (C=O) groups excluding carboxylic acids is 1. The zero-order valence-corrected chi connectivity index (χ0v) is 18.2. The van der Waals surface area contributed by atoms with Gasteiger partial charge in [-0.3, -0.25) is 4.79 Å². The molecule has 0 atom stereocenters. The van der Waals surface area contributed by atoms with Gasteiger partial charge in [-0.25, -0.2) is 9.97 Å². The number of benzene rings is 1. The molecule has 30 heavy (non-hydrogen) atoms. The molecule has 1 aromatic carbocycles. The lowest BCUT2D eigenvalue weighted by atomic mass is 10.1. The molecule has 154 valence electrons. The number of oxazole rings is 1. The molecule has 0 aliphatic heterocycles. The number of aromatic nitrogens is 2. The fourth-order valence-corrected chi connectivity index (χ4v) is 4.26. The number of nitrogens with one attached hydrogen (secondary N) is 1. The molecule has 4 aromatic rings. The highest BCUT2D eigenvalue weighted by atomic mass is 32.1. The smallest absolute Gasteiger partial charge is 0.236 e. The van der Waals surface area contributed by atoms with Crippen LogP contribution in [0, 0.1) is 6.92 Å². The molecule has 3 heterocycles. The first kappa shape index (κ1) is 20.1. The number of thiazole rings is 1. The summed E-state index contributed by atoms with van der Waals surface area (Å²) in [5.74, 6) is 2.34. The van der Waals surface area contributed by atoms with E-state index in [0.29, 0.717) is 39.7 Å². The van der Waals surface area contributed by atoms with Crippen LogP contribution < -0.4 is 14.8 Å². The Morgan fingerprint density at radius 2 is 2.03 bits per heavy atom. The van der Waals surface area contributed by atoms with Crippen molar-refractivity contribution in [3.05, 3.63) is 52.5 Å². The van der Waals surface area contributed by atoms with E-state index in [1.807, 2.05) is 48.0 Å². The van der Waals surface area contributed by atoms with Gasteiger partial charge < -0.3 is 19.2 Å². The highest BCUT2D eigenvalue weighted by Gasteiger charge is 2.17. The molecule has 9 heteroatoms. The van der Waals surface area contributed by atoms with Gasteiger partial charge in [0.15, 0.2) is 5.13 Å². The van der Waals surface area contributed by atoms with E-state index in [2.05, 4.69) is 15.3 Å². The molecule has 1 N–H and O–H groups in total. The second-order valence-electron chi connectivity index (χ2n) is 6.33. The Hall–Kier alpha value is -3.17. The van der Waals surface area contributed by atoms with Crippen LogP contribution in [0.5, 0.6) is 11.5 Å². The normalized spacial score (nSPS) is 10.8. The standard InChI is InChI=1S/C21H19N3O4S2/c1-12-15(22-20(28-12)18-5-4-8-29-18)10-19(25)24-21-23-16(11-30-21)14-9-13(26-2)6-7-17(14)27-3/h4-9,11H,10H2,1-3H3,(H,23,24,25). The molecule has 4 rings (SSSR count). The van der Waals surface area contributed by atoms with E-state index >= 15 is 0 Å². The number of carbonyl (C=O) groups is 1. The molecule has 7 nitrogen and oxygen atoms in total. The first-order valence-electron chi connectivity index (χ1n) is 9.05. The first-order chi connectivity index (χ1) is 14.6. The van der Waals surface area contributed by atoms with Gasteiger partial charge in [-0.05, 0) is 36.6 Å². The number of hydrogen-bond donors (Lipinski definition) is 1. The number of amides is 1. The molecule has 0 saturated carbocycles. The minimum Gasteiger partial charge on any atom is -0.497 e. The zero-order chi connectivity index (χ0) is 21.1. The van der Waals surface area contributed by atoms with E-state index in [1.165, 1.54) is 11.3 Å². The third kappa shape index (κ3) is 4.22. The fraction of sp³-hybridized carbons (Fsp3) is 0.190.